The number of hydrogen-bond acceptors (Lipinski definition) is 6. The predicted octanol–water partition coefficient (Wildman–Crippen LogP) is 2.32. The maximum absolute atomic E-state index is 12.5. The van der Waals surface area contributed by atoms with E-state index in [9.17, 15) is 13.2 Å². The normalized spacial score (nSPS) is 11.3. The van der Waals surface area contributed by atoms with E-state index >= 15 is 0 Å². The van der Waals surface area contributed by atoms with E-state index in [1.807, 2.05) is 6.92 Å². The summed E-state index contributed by atoms with van der Waals surface area (Å²) >= 11 is 7.00. The van der Waals surface area contributed by atoms with Crippen LogP contribution >= 0.6 is 22.9 Å². The van der Waals surface area contributed by atoms with Gasteiger partial charge in [-0.25, -0.2) is 8.42 Å². The van der Waals surface area contributed by atoms with Crippen molar-refractivity contribution in [2.75, 3.05) is 18.3 Å². The quantitative estimate of drug-likeness (QED) is 0.819. The van der Waals surface area contributed by atoms with Crippen molar-refractivity contribution in [3.8, 4) is 0 Å². The number of rotatable bonds is 6. The topological polar surface area (TPSA) is 92.3 Å². The second-order valence-corrected chi connectivity index (χ2v) is 8.17. The van der Waals surface area contributed by atoms with Gasteiger partial charge < -0.3 is 4.90 Å². The fourth-order valence-corrected chi connectivity index (χ4v) is 4.32. The molecule has 2 aromatic rings. The third kappa shape index (κ3) is 4.22. The molecular weight excluding hydrogens is 372 g/mol. The molecule has 0 saturated heterocycles. The Morgan fingerprint density at radius 2 is 2.08 bits per heavy atom. The zero-order valence-corrected chi connectivity index (χ0v) is 15.8. The minimum Gasteiger partial charge on any atom is -0.346 e. The fourth-order valence-electron chi connectivity index (χ4n) is 1.86. The second kappa shape index (κ2) is 7.45. The molecule has 1 amide bonds. The third-order valence-corrected chi connectivity index (χ3v) is 6.26. The van der Waals surface area contributed by atoms with Crippen LogP contribution in [0.1, 0.15) is 17.5 Å². The van der Waals surface area contributed by atoms with Gasteiger partial charge in [0, 0.05) is 18.6 Å². The summed E-state index contributed by atoms with van der Waals surface area (Å²) in [7, 11) is -2.14. The largest absolute Gasteiger partial charge is 0.346 e. The van der Waals surface area contributed by atoms with Gasteiger partial charge in [0.2, 0.25) is 11.0 Å². The summed E-state index contributed by atoms with van der Waals surface area (Å²) in [6.45, 7) is 4.08. The number of hydrogen-bond donors (Lipinski definition) is 1. The molecule has 2 rings (SSSR count). The highest BCUT2D eigenvalue weighted by Gasteiger charge is 2.21. The standard InChI is InChI=1S/C14H17ClN4O3S2/c1-4-19(3)13(20)8-12-16-17-14(23-12)18-24(21,22)11-7-5-6-10(15)9(11)2/h5-7H,4,8H2,1-3H3,(H,17,18). The Hall–Kier alpha value is -1.71. The smallest absolute Gasteiger partial charge is 0.264 e. The van der Waals surface area contributed by atoms with Crippen molar-refractivity contribution in [1.29, 1.82) is 0 Å². The summed E-state index contributed by atoms with van der Waals surface area (Å²) < 4.78 is 27.3. The van der Waals surface area contributed by atoms with Crippen molar-refractivity contribution in [3.05, 3.63) is 33.8 Å². The van der Waals surface area contributed by atoms with Crippen LogP contribution in [0.3, 0.4) is 0 Å². The van der Waals surface area contributed by atoms with Gasteiger partial charge in [-0.05, 0) is 31.5 Å². The van der Waals surface area contributed by atoms with Crippen LogP contribution in [0.25, 0.3) is 0 Å². The van der Waals surface area contributed by atoms with Gasteiger partial charge in [0.05, 0.1) is 11.3 Å². The van der Waals surface area contributed by atoms with Gasteiger partial charge in [0.15, 0.2) is 0 Å². The Kier molecular flexibility index (Phi) is 5.79. The Morgan fingerprint density at radius 3 is 2.75 bits per heavy atom. The van der Waals surface area contributed by atoms with E-state index in [1.165, 1.54) is 6.07 Å². The number of carbonyl (C=O) groups is 1. The van der Waals surface area contributed by atoms with E-state index in [-0.39, 0.29) is 22.4 Å². The zero-order chi connectivity index (χ0) is 17.9. The molecule has 1 N–H and O–H groups in total. The van der Waals surface area contributed by atoms with E-state index in [1.54, 1.807) is 31.0 Å². The van der Waals surface area contributed by atoms with Crippen LogP contribution < -0.4 is 4.72 Å². The molecule has 1 aromatic heterocycles. The maximum Gasteiger partial charge on any atom is 0.264 e. The highest BCUT2D eigenvalue weighted by molar-refractivity contribution is 7.93. The molecule has 10 heteroatoms. The Morgan fingerprint density at radius 1 is 1.38 bits per heavy atom. The summed E-state index contributed by atoms with van der Waals surface area (Å²) in [6, 6.07) is 4.65. The van der Waals surface area contributed by atoms with Gasteiger partial charge in [-0.15, -0.1) is 10.2 Å². The molecule has 130 valence electrons. The van der Waals surface area contributed by atoms with Crippen molar-refractivity contribution < 1.29 is 13.2 Å². The molecule has 0 aliphatic carbocycles. The van der Waals surface area contributed by atoms with Crippen LogP contribution in [-0.4, -0.2) is 43.0 Å². The van der Waals surface area contributed by atoms with Crippen molar-refractivity contribution in [3.63, 3.8) is 0 Å². The zero-order valence-electron chi connectivity index (χ0n) is 13.4. The number of halogens is 1. The number of amides is 1. The number of aromatic nitrogens is 2. The Balaban J connectivity index is 2.17. The molecule has 0 fully saturated rings. The molecule has 1 aromatic carbocycles. The summed E-state index contributed by atoms with van der Waals surface area (Å²) in [5.41, 5.74) is 0.455. The first-order valence-corrected chi connectivity index (χ1v) is 9.76. The van der Waals surface area contributed by atoms with Gasteiger partial charge in [0.25, 0.3) is 10.0 Å². The number of sulfonamides is 1. The SMILES string of the molecule is CCN(C)C(=O)Cc1nnc(NS(=O)(=O)c2cccc(Cl)c2C)s1. The van der Waals surface area contributed by atoms with Gasteiger partial charge in [0.1, 0.15) is 5.01 Å². The molecule has 0 aliphatic heterocycles. The summed E-state index contributed by atoms with van der Waals surface area (Å²) in [5, 5.41) is 8.57. The van der Waals surface area contributed by atoms with Crippen LogP contribution in [0.5, 0.6) is 0 Å². The van der Waals surface area contributed by atoms with Crippen molar-refractivity contribution >= 4 is 44.0 Å². The minimum absolute atomic E-state index is 0.0774. The van der Waals surface area contributed by atoms with Gasteiger partial charge in [-0.2, -0.15) is 0 Å². The Labute approximate surface area is 149 Å². The lowest BCUT2D eigenvalue weighted by atomic mass is 10.2. The molecule has 0 aliphatic rings. The molecule has 0 saturated carbocycles. The number of likely N-dealkylation sites (N-methyl/N-ethyl adjacent to an activating group) is 1. The highest BCUT2D eigenvalue weighted by Crippen LogP contribution is 2.26. The van der Waals surface area contributed by atoms with Crippen molar-refractivity contribution in [2.24, 2.45) is 0 Å². The molecule has 7 nitrogen and oxygen atoms in total. The number of nitrogens with one attached hydrogen (secondary N) is 1. The minimum atomic E-state index is -3.82. The molecule has 1 heterocycles. The molecule has 0 spiro atoms. The number of anilines is 1. The van der Waals surface area contributed by atoms with Crippen molar-refractivity contribution in [1.82, 2.24) is 15.1 Å². The van der Waals surface area contributed by atoms with E-state index in [4.69, 9.17) is 11.6 Å². The fraction of sp³-hybridized carbons (Fsp3) is 0.357. The first-order valence-electron chi connectivity index (χ1n) is 7.09. The third-order valence-electron chi connectivity index (χ3n) is 3.40. The van der Waals surface area contributed by atoms with Gasteiger partial charge >= 0.3 is 0 Å². The average Bonchev–Trinajstić information content (AvgIpc) is 2.95. The Bertz CT molecular complexity index is 851. The van der Waals surface area contributed by atoms with E-state index in [0.29, 0.717) is 22.1 Å². The number of carbonyl (C=O) groups excluding carboxylic acids is 1. The molecule has 24 heavy (non-hydrogen) atoms. The summed E-state index contributed by atoms with van der Waals surface area (Å²) in [4.78, 5) is 13.5. The maximum atomic E-state index is 12.5. The first-order chi connectivity index (χ1) is 11.2. The monoisotopic (exact) mass is 388 g/mol. The van der Waals surface area contributed by atoms with Crippen LogP contribution in [0.4, 0.5) is 5.13 Å². The lowest BCUT2D eigenvalue weighted by Crippen LogP contribution is -2.27. The van der Waals surface area contributed by atoms with E-state index < -0.39 is 10.0 Å². The highest BCUT2D eigenvalue weighted by atomic mass is 35.5. The second-order valence-electron chi connectivity index (χ2n) is 5.05. The van der Waals surface area contributed by atoms with Crippen LogP contribution in [0.2, 0.25) is 5.02 Å². The molecular formula is C14H17ClN4O3S2. The summed E-state index contributed by atoms with van der Waals surface area (Å²) in [5.74, 6) is -0.103. The average molecular weight is 389 g/mol. The van der Waals surface area contributed by atoms with Gasteiger partial charge in [-0.3, -0.25) is 9.52 Å². The van der Waals surface area contributed by atoms with E-state index in [0.717, 1.165) is 11.3 Å². The molecule has 0 atom stereocenters. The summed E-state index contributed by atoms with van der Waals surface area (Å²) in [6.07, 6.45) is 0.0833. The van der Waals surface area contributed by atoms with Crippen LogP contribution in [-0.2, 0) is 21.2 Å². The lowest BCUT2D eigenvalue weighted by Gasteiger charge is -2.12. The number of benzene rings is 1. The number of nitrogens with zero attached hydrogens (tertiary/aromatic N) is 3. The lowest BCUT2D eigenvalue weighted by molar-refractivity contribution is -0.128. The molecule has 0 radical (unpaired) electrons. The first kappa shape index (κ1) is 18.6. The van der Waals surface area contributed by atoms with Crippen molar-refractivity contribution in [2.45, 2.75) is 25.2 Å². The van der Waals surface area contributed by atoms with Gasteiger partial charge in [-0.1, -0.05) is 29.0 Å². The van der Waals surface area contributed by atoms with E-state index in [2.05, 4.69) is 14.9 Å². The predicted molar refractivity (Wildman–Crippen MR) is 93.9 cm³/mol. The van der Waals surface area contributed by atoms with Crippen LogP contribution in [0.15, 0.2) is 23.1 Å². The van der Waals surface area contributed by atoms with Crippen LogP contribution in [0, 0.1) is 6.92 Å². The molecule has 0 unspecified atom stereocenters. The molecule has 0 bridgehead atoms.